The zero-order valence-electron chi connectivity index (χ0n) is 16.6. The minimum atomic E-state index is -0.456. The van der Waals surface area contributed by atoms with Crippen LogP contribution in [0.15, 0.2) is 85.5 Å². The third-order valence-electron chi connectivity index (χ3n) is 4.25. The number of fused-ring (bicyclic) bond motifs is 1. The van der Waals surface area contributed by atoms with Gasteiger partial charge in [-0.25, -0.2) is 0 Å². The van der Waals surface area contributed by atoms with Crippen molar-refractivity contribution in [2.75, 3.05) is 6.61 Å². The fraction of sp³-hybridized carbons (Fsp3) is 0.0417. The van der Waals surface area contributed by atoms with E-state index in [0.29, 0.717) is 11.3 Å². The van der Waals surface area contributed by atoms with E-state index in [0.717, 1.165) is 16.3 Å². The Morgan fingerprint density at radius 2 is 1.71 bits per heavy atom. The summed E-state index contributed by atoms with van der Waals surface area (Å²) in [6.45, 7) is 3.86. The van der Waals surface area contributed by atoms with E-state index in [1.54, 1.807) is 36.4 Å². The van der Waals surface area contributed by atoms with Crippen LogP contribution in [0.5, 0.6) is 5.75 Å². The summed E-state index contributed by atoms with van der Waals surface area (Å²) in [5, 5.41) is 4.58. The monoisotopic (exact) mass is 431 g/mol. The van der Waals surface area contributed by atoms with Crippen molar-refractivity contribution in [3.63, 3.8) is 0 Å². The second-order valence-corrected chi connectivity index (χ2v) is 6.80. The Morgan fingerprint density at radius 1 is 0.968 bits per heavy atom. The number of nitrogens with one attached hydrogen (secondary N) is 3. The second-order valence-electron chi connectivity index (χ2n) is 6.40. The van der Waals surface area contributed by atoms with Gasteiger partial charge in [0.2, 0.25) is 5.91 Å². The Bertz CT molecular complexity index is 1150. The molecule has 3 rings (SSSR count). The number of amides is 2. The number of para-hydroxylation sites is 1. The summed E-state index contributed by atoms with van der Waals surface area (Å²) >= 11 is 5.07. The van der Waals surface area contributed by atoms with Gasteiger partial charge in [0, 0.05) is 6.08 Å². The number of ether oxygens (including phenoxy) is 1. The number of hydrogen-bond donors (Lipinski definition) is 3. The topological polar surface area (TPSA) is 79.5 Å². The molecule has 0 aliphatic heterocycles. The maximum atomic E-state index is 12.4. The van der Waals surface area contributed by atoms with Gasteiger partial charge >= 0.3 is 0 Å². The Balaban J connectivity index is 1.55. The highest BCUT2D eigenvalue weighted by Gasteiger charge is 2.12. The molecule has 7 heteroatoms. The van der Waals surface area contributed by atoms with E-state index < -0.39 is 11.8 Å². The lowest BCUT2D eigenvalue weighted by molar-refractivity contribution is -0.115. The highest BCUT2D eigenvalue weighted by atomic mass is 32.1. The molecular formula is C24H21N3O3S. The van der Waals surface area contributed by atoms with Crippen molar-refractivity contribution < 1.29 is 14.3 Å². The van der Waals surface area contributed by atoms with Crippen molar-refractivity contribution in [3.05, 3.63) is 96.6 Å². The maximum absolute atomic E-state index is 12.4. The average molecular weight is 432 g/mol. The van der Waals surface area contributed by atoms with Gasteiger partial charge in [-0.3, -0.25) is 25.8 Å². The van der Waals surface area contributed by atoms with Crippen LogP contribution in [-0.2, 0) is 4.79 Å². The number of carbonyl (C=O) groups is 2. The smallest absolute Gasteiger partial charge is 0.273 e. The molecule has 2 amide bonds. The molecule has 3 N–H and O–H groups in total. The predicted molar refractivity (Wildman–Crippen MR) is 126 cm³/mol. The molecule has 0 aromatic heterocycles. The zero-order chi connectivity index (χ0) is 22.1. The Labute approximate surface area is 185 Å². The normalized spacial score (nSPS) is 10.5. The summed E-state index contributed by atoms with van der Waals surface area (Å²) in [7, 11) is 0. The van der Waals surface area contributed by atoms with E-state index in [4.69, 9.17) is 17.0 Å². The molecule has 0 atom stereocenters. The molecule has 156 valence electrons. The van der Waals surface area contributed by atoms with Crippen molar-refractivity contribution in [2.45, 2.75) is 0 Å². The molecule has 0 fully saturated rings. The number of thiocarbonyl (C=S) groups is 1. The maximum Gasteiger partial charge on any atom is 0.273 e. The van der Waals surface area contributed by atoms with Crippen LogP contribution in [0.4, 0.5) is 0 Å². The van der Waals surface area contributed by atoms with Gasteiger partial charge in [-0.1, -0.05) is 67.3 Å². The van der Waals surface area contributed by atoms with Crippen LogP contribution >= 0.6 is 12.2 Å². The minimum Gasteiger partial charge on any atom is -0.489 e. The van der Waals surface area contributed by atoms with Crippen molar-refractivity contribution >= 4 is 46.0 Å². The largest absolute Gasteiger partial charge is 0.489 e. The van der Waals surface area contributed by atoms with Gasteiger partial charge in [0.15, 0.2) is 5.11 Å². The zero-order valence-corrected chi connectivity index (χ0v) is 17.4. The lowest BCUT2D eigenvalue weighted by atomic mass is 10.0. The number of hydrogen-bond acceptors (Lipinski definition) is 4. The quantitative estimate of drug-likeness (QED) is 0.240. The van der Waals surface area contributed by atoms with Gasteiger partial charge < -0.3 is 4.74 Å². The Kier molecular flexibility index (Phi) is 7.50. The average Bonchev–Trinajstić information content (AvgIpc) is 2.80. The molecule has 0 spiro atoms. The van der Waals surface area contributed by atoms with Crippen LogP contribution < -0.4 is 20.9 Å². The molecule has 0 heterocycles. The molecule has 3 aromatic rings. The molecule has 31 heavy (non-hydrogen) atoms. The molecule has 3 aromatic carbocycles. The second kappa shape index (κ2) is 10.7. The number of rotatable bonds is 6. The number of carbonyl (C=O) groups excluding carboxylic acids is 2. The van der Waals surface area contributed by atoms with Crippen molar-refractivity contribution in [2.24, 2.45) is 0 Å². The fourth-order valence-corrected chi connectivity index (χ4v) is 3.01. The minimum absolute atomic E-state index is 0.0367. The molecule has 6 nitrogen and oxygen atoms in total. The van der Waals surface area contributed by atoms with Crippen LogP contribution in [0.1, 0.15) is 15.9 Å². The molecule has 0 unspecified atom stereocenters. The summed E-state index contributed by atoms with van der Waals surface area (Å²) < 4.78 is 5.46. The van der Waals surface area contributed by atoms with Crippen molar-refractivity contribution in [3.8, 4) is 5.75 Å². The molecule has 0 saturated heterocycles. The molecule has 0 aliphatic carbocycles. The van der Waals surface area contributed by atoms with Gasteiger partial charge in [0.25, 0.3) is 5.91 Å². The van der Waals surface area contributed by atoms with Gasteiger partial charge in [-0.2, -0.15) is 0 Å². The van der Waals surface area contributed by atoms with E-state index in [1.807, 2.05) is 42.5 Å². The van der Waals surface area contributed by atoms with Crippen LogP contribution in [0.3, 0.4) is 0 Å². The summed E-state index contributed by atoms with van der Waals surface area (Å²) in [5.41, 5.74) is 6.19. The summed E-state index contributed by atoms with van der Waals surface area (Å²) in [6.07, 6.45) is 4.69. The fourth-order valence-electron chi connectivity index (χ4n) is 2.86. The summed E-state index contributed by atoms with van der Waals surface area (Å²) in [5.74, 6) is -0.466. The van der Waals surface area contributed by atoms with Crippen LogP contribution in [-0.4, -0.2) is 23.5 Å². The molecular weight excluding hydrogens is 410 g/mol. The number of benzene rings is 3. The van der Waals surface area contributed by atoms with Crippen molar-refractivity contribution in [1.82, 2.24) is 16.2 Å². The SMILES string of the molecule is C=CCOc1ccccc1C(=O)NNC(=S)NC(=O)C=Cc1cccc2ccccc12. The highest BCUT2D eigenvalue weighted by molar-refractivity contribution is 7.80. The lowest BCUT2D eigenvalue weighted by Gasteiger charge is -2.12. The standard InChI is InChI=1S/C24H21N3O3S/c1-2-16-30-21-13-6-5-12-20(21)23(29)26-27-24(31)25-22(28)15-14-18-10-7-9-17-8-3-4-11-19(17)18/h2-15H,1,16H2,(H,26,29)(H2,25,27,28,31). The third-order valence-corrected chi connectivity index (χ3v) is 4.46. The summed E-state index contributed by atoms with van der Waals surface area (Å²) in [6, 6.07) is 20.5. The van der Waals surface area contributed by atoms with Crippen LogP contribution in [0.25, 0.3) is 16.8 Å². The highest BCUT2D eigenvalue weighted by Crippen LogP contribution is 2.19. The third kappa shape index (κ3) is 6.01. The molecule has 0 aliphatic rings. The molecule has 0 bridgehead atoms. The first-order chi connectivity index (χ1) is 15.1. The van der Waals surface area contributed by atoms with Gasteiger partial charge in [0.1, 0.15) is 12.4 Å². The van der Waals surface area contributed by atoms with E-state index >= 15 is 0 Å². The van der Waals surface area contributed by atoms with Crippen LogP contribution in [0, 0.1) is 0 Å². The first-order valence-corrected chi connectivity index (χ1v) is 9.89. The molecule has 0 saturated carbocycles. The van der Waals surface area contributed by atoms with E-state index in [-0.39, 0.29) is 11.7 Å². The Hall–Kier alpha value is -3.97. The van der Waals surface area contributed by atoms with E-state index in [2.05, 4.69) is 22.7 Å². The predicted octanol–water partition coefficient (Wildman–Crippen LogP) is 3.75. The van der Waals surface area contributed by atoms with E-state index in [1.165, 1.54) is 6.08 Å². The van der Waals surface area contributed by atoms with Gasteiger partial charge in [-0.15, -0.1) is 0 Å². The number of hydrazine groups is 1. The Morgan fingerprint density at radius 3 is 2.55 bits per heavy atom. The van der Waals surface area contributed by atoms with Crippen molar-refractivity contribution in [1.29, 1.82) is 0 Å². The van der Waals surface area contributed by atoms with Crippen LogP contribution in [0.2, 0.25) is 0 Å². The first kappa shape index (κ1) is 21.7. The first-order valence-electron chi connectivity index (χ1n) is 9.48. The lowest BCUT2D eigenvalue weighted by Crippen LogP contribution is -2.48. The van der Waals surface area contributed by atoms with Gasteiger partial charge in [-0.05, 0) is 46.8 Å². The molecule has 0 radical (unpaired) electrons. The van der Waals surface area contributed by atoms with E-state index in [9.17, 15) is 9.59 Å². The van der Waals surface area contributed by atoms with Gasteiger partial charge in [0.05, 0.1) is 5.56 Å². The summed E-state index contributed by atoms with van der Waals surface area (Å²) in [4.78, 5) is 24.6.